The van der Waals surface area contributed by atoms with Gasteiger partial charge in [0, 0.05) is 43.9 Å². The van der Waals surface area contributed by atoms with Gasteiger partial charge < -0.3 is 15.1 Å². The summed E-state index contributed by atoms with van der Waals surface area (Å²) < 4.78 is 0. The van der Waals surface area contributed by atoms with Crippen molar-refractivity contribution in [3.63, 3.8) is 0 Å². The number of benzene rings is 2. The van der Waals surface area contributed by atoms with Crippen molar-refractivity contribution in [1.82, 2.24) is 15.1 Å². The summed E-state index contributed by atoms with van der Waals surface area (Å²) in [6.07, 6.45) is 1.23. The number of likely N-dealkylation sites (tertiary alicyclic amines) is 1. The Morgan fingerprint density at radius 2 is 1.79 bits per heavy atom. The Morgan fingerprint density at radius 3 is 2.48 bits per heavy atom. The van der Waals surface area contributed by atoms with Gasteiger partial charge in [0.15, 0.2) is 5.96 Å². The van der Waals surface area contributed by atoms with E-state index in [1.54, 1.807) is 0 Å². The zero-order valence-electron chi connectivity index (χ0n) is 17.7. The van der Waals surface area contributed by atoms with Gasteiger partial charge in [0.1, 0.15) is 0 Å². The molecule has 0 bridgehead atoms. The molecule has 2 aromatic rings. The lowest BCUT2D eigenvalue weighted by Gasteiger charge is -2.22. The van der Waals surface area contributed by atoms with Crippen LogP contribution >= 0.6 is 35.7 Å². The summed E-state index contributed by atoms with van der Waals surface area (Å²) in [5.74, 6) is 2.90. The molecule has 158 valence electrons. The molecule has 3 rings (SSSR count). The summed E-state index contributed by atoms with van der Waals surface area (Å²) in [7, 11) is 6.11. The molecule has 0 radical (unpaired) electrons. The van der Waals surface area contributed by atoms with Gasteiger partial charge >= 0.3 is 0 Å². The minimum absolute atomic E-state index is 0. The van der Waals surface area contributed by atoms with Gasteiger partial charge in [-0.15, -0.1) is 35.7 Å². The highest BCUT2D eigenvalue weighted by Gasteiger charge is 2.25. The number of aliphatic imine (C=N–C) groups is 1. The lowest BCUT2D eigenvalue weighted by molar-refractivity contribution is 0.400. The van der Waals surface area contributed by atoms with Gasteiger partial charge in [-0.05, 0) is 49.7 Å². The van der Waals surface area contributed by atoms with E-state index in [1.807, 2.05) is 18.8 Å². The van der Waals surface area contributed by atoms with Crippen molar-refractivity contribution in [2.24, 2.45) is 10.9 Å². The zero-order valence-corrected chi connectivity index (χ0v) is 20.8. The van der Waals surface area contributed by atoms with Crippen LogP contribution in [0.25, 0.3) is 0 Å². The summed E-state index contributed by atoms with van der Waals surface area (Å²) >= 11 is 1.97. The first-order chi connectivity index (χ1) is 13.7. The molecule has 1 heterocycles. The molecular weight excluding hydrogens is 491 g/mol. The first kappa shape index (κ1) is 24.0. The summed E-state index contributed by atoms with van der Waals surface area (Å²) in [5, 5.41) is 3.59. The number of guanidine groups is 1. The third kappa shape index (κ3) is 7.50. The van der Waals surface area contributed by atoms with Crippen molar-refractivity contribution in [3.05, 3.63) is 65.7 Å². The van der Waals surface area contributed by atoms with Gasteiger partial charge in [-0.3, -0.25) is 4.99 Å². The fourth-order valence-electron chi connectivity index (χ4n) is 3.62. The fourth-order valence-corrected chi connectivity index (χ4v) is 4.67. The lowest BCUT2D eigenvalue weighted by atomic mass is 10.1. The topological polar surface area (TPSA) is 30.9 Å². The van der Waals surface area contributed by atoms with Gasteiger partial charge in [0.05, 0.1) is 0 Å². The van der Waals surface area contributed by atoms with E-state index in [2.05, 4.69) is 88.8 Å². The lowest BCUT2D eigenvalue weighted by Crippen LogP contribution is -2.40. The van der Waals surface area contributed by atoms with Crippen LogP contribution in [0.15, 0.2) is 64.5 Å². The first-order valence-corrected chi connectivity index (χ1v) is 11.0. The quantitative estimate of drug-likeness (QED) is 0.249. The summed E-state index contributed by atoms with van der Waals surface area (Å²) in [6.45, 7) is 3.94. The van der Waals surface area contributed by atoms with E-state index >= 15 is 0 Å². The van der Waals surface area contributed by atoms with Crippen molar-refractivity contribution in [2.75, 3.05) is 40.0 Å². The van der Waals surface area contributed by atoms with Crippen LogP contribution in [-0.2, 0) is 13.1 Å². The molecule has 0 saturated carbocycles. The molecule has 6 heteroatoms. The molecule has 0 aliphatic carbocycles. The normalized spacial score (nSPS) is 16.8. The Bertz CT molecular complexity index is 766. The average molecular weight is 525 g/mol. The minimum atomic E-state index is 0. The number of rotatable bonds is 7. The molecule has 4 nitrogen and oxygen atoms in total. The Balaban J connectivity index is 0.00000300. The van der Waals surface area contributed by atoms with Gasteiger partial charge in [0.2, 0.25) is 0 Å². The number of thioether (sulfide) groups is 1. The van der Waals surface area contributed by atoms with Crippen molar-refractivity contribution in [2.45, 2.75) is 24.4 Å². The maximum absolute atomic E-state index is 4.54. The van der Waals surface area contributed by atoms with E-state index in [0.29, 0.717) is 5.92 Å². The predicted octanol–water partition coefficient (Wildman–Crippen LogP) is 4.56. The van der Waals surface area contributed by atoms with Crippen molar-refractivity contribution >= 4 is 41.7 Å². The Morgan fingerprint density at radius 1 is 1.10 bits per heavy atom. The number of hydrogen-bond acceptors (Lipinski definition) is 3. The molecule has 2 aromatic carbocycles. The van der Waals surface area contributed by atoms with Crippen LogP contribution in [0.5, 0.6) is 0 Å². The third-order valence-electron chi connectivity index (χ3n) is 5.07. The molecule has 1 aliphatic rings. The highest BCUT2D eigenvalue weighted by molar-refractivity contribution is 14.0. The van der Waals surface area contributed by atoms with Crippen LogP contribution in [-0.4, -0.2) is 55.7 Å². The summed E-state index contributed by atoms with van der Waals surface area (Å²) in [5.41, 5.74) is 2.71. The van der Waals surface area contributed by atoms with E-state index in [9.17, 15) is 0 Å². The standard InChI is InChI=1S/C23H32N4S.HI/c1-24-23(25-15-20-9-7-8-10-21(20)17-26(2)3)27-14-13-19(16-27)18-28-22-11-5-4-6-12-22;/h4-12,19H,13-18H2,1-3H3,(H,24,25);1H. The zero-order chi connectivity index (χ0) is 19.8. The van der Waals surface area contributed by atoms with Gasteiger partial charge in [-0.25, -0.2) is 0 Å². The van der Waals surface area contributed by atoms with Crippen LogP contribution < -0.4 is 5.32 Å². The highest BCUT2D eigenvalue weighted by atomic mass is 127. The largest absolute Gasteiger partial charge is 0.352 e. The second-order valence-electron chi connectivity index (χ2n) is 7.63. The average Bonchev–Trinajstić information content (AvgIpc) is 3.17. The van der Waals surface area contributed by atoms with Crippen LogP contribution in [0.4, 0.5) is 0 Å². The fraction of sp³-hybridized carbons (Fsp3) is 0.435. The van der Waals surface area contributed by atoms with Crippen molar-refractivity contribution in [3.8, 4) is 0 Å². The van der Waals surface area contributed by atoms with Gasteiger partial charge in [-0.1, -0.05) is 42.5 Å². The van der Waals surface area contributed by atoms with E-state index in [4.69, 9.17) is 0 Å². The Labute approximate surface area is 197 Å². The SMILES string of the molecule is CN=C(NCc1ccccc1CN(C)C)N1CCC(CSc2ccccc2)C1.I. The Hall–Kier alpha value is -1.25. The van der Waals surface area contributed by atoms with Gasteiger partial charge in [0.25, 0.3) is 0 Å². The Kier molecular flexibility index (Phi) is 10.3. The molecule has 1 saturated heterocycles. The van der Waals surface area contributed by atoms with Crippen molar-refractivity contribution in [1.29, 1.82) is 0 Å². The van der Waals surface area contributed by atoms with E-state index < -0.39 is 0 Å². The number of nitrogens with one attached hydrogen (secondary N) is 1. The second kappa shape index (κ2) is 12.4. The van der Waals surface area contributed by atoms with E-state index in [-0.39, 0.29) is 24.0 Å². The number of hydrogen-bond donors (Lipinski definition) is 1. The van der Waals surface area contributed by atoms with Gasteiger partial charge in [-0.2, -0.15) is 0 Å². The van der Waals surface area contributed by atoms with Crippen molar-refractivity contribution < 1.29 is 0 Å². The first-order valence-electron chi connectivity index (χ1n) is 10.0. The third-order valence-corrected chi connectivity index (χ3v) is 6.31. The summed E-state index contributed by atoms with van der Waals surface area (Å²) in [4.78, 5) is 10.5. The van der Waals surface area contributed by atoms with Crippen LogP contribution in [0, 0.1) is 5.92 Å². The van der Waals surface area contributed by atoms with Crippen LogP contribution in [0.1, 0.15) is 17.5 Å². The molecule has 1 fully saturated rings. The molecule has 1 atom stereocenters. The number of nitrogens with zero attached hydrogens (tertiary/aromatic N) is 3. The molecule has 1 N–H and O–H groups in total. The van der Waals surface area contributed by atoms with E-state index in [1.165, 1.54) is 28.2 Å². The van der Waals surface area contributed by atoms with Crippen LogP contribution in [0.2, 0.25) is 0 Å². The second-order valence-corrected chi connectivity index (χ2v) is 8.73. The molecule has 29 heavy (non-hydrogen) atoms. The molecule has 1 unspecified atom stereocenters. The summed E-state index contributed by atoms with van der Waals surface area (Å²) in [6, 6.07) is 19.4. The highest BCUT2D eigenvalue weighted by Crippen LogP contribution is 2.26. The molecule has 0 amide bonds. The minimum Gasteiger partial charge on any atom is -0.352 e. The smallest absolute Gasteiger partial charge is 0.193 e. The monoisotopic (exact) mass is 524 g/mol. The molecule has 0 aromatic heterocycles. The van der Waals surface area contributed by atoms with E-state index in [0.717, 1.165) is 32.1 Å². The number of halogens is 1. The van der Waals surface area contributed by atoms with Crippen LogP contribution in [0.3, 0.4) is 0 Å². The molecule has 1 aliphatic heterocycles. The molecule has 0 spiro atoms. The molecular formula is C23H33IN4S. The maximum Gasteiger partial charge on any atom is 0.193 e. The maximum atomic E-state index is 4.54. The predicted molar refractivity (Wildman–Crippen MR) is 136 cm³/mol.